The number of hydrogen-bond donors (Lipinski definition) is 1. The standard InChI is InChI=1S/C19H26N4O3S2/c1-6-23(7-2)17(24)11-27-19-21-15-9-8-14(10-16(15)28-19)20-18(25)13(5)26-22-12(3)4/h8-10,13H,6-7,11H2,1-5H3,(H,20,25). The van der Waals surface area contributed by atoms with Gasteiger partial charge >= 0.3 is 0 Å². The molecule has 0 spiro atoms. The molecule has 1 aromatic heterocycles. The molecule has 0 bridgehead atoms. The molecule has 0 aliphatic heterocycles. The van der Waals surface area contributed by atoms with Crippen molar-refractivity contribution in [2.45, 2.75) is 45.1 Å². The van der Waals surface area contributed by atoms with Gasteiger partial charge in [-0.2, -0.15) is 0 Å². The minimum Gasteiger partial charge on any atom is -0.383 e. The molecule has 0 aliphatic rings. The lowest BCUT2D eigenvalue weighted by atomic mass is 10.3. The van der Waals surface area contributed by atoms with Gasteiger partial charge in [-0.3, -0.25) is 9.59 Å². The first-order valence-electron chi connectivity index (χ1n) is 9.13. The largest absolute Gasteiger partial charge is 0.383 e. The van der Waals surface area contributed by atoms with Gasteiger partial charge in [-0.05, 0) is 52.8 Å². The summed E-state index contributed by atoms with van der Waals surface area (Å²) in [5, 5.41) is 6.64. The van der Waals surface area contributed by atoms with Gasteiger partial charge in [0, 0.05) is 18.8 Å². The lowest BCUT2D eigenvalue weighted by molar-refractivity contribution is -0.128. The Balaban J connectivity index is 2.01. The van der Waals surface area contributed by atoms with Crippen molar-refractivity contribution in [1.82, 2.24) is 9.88 Å². The summed E-state index contributed by atoms with van der Waals surface area (Å²) < 4.78 is 1.79. The Kier molecular flexibility index (Phi) is 8.25. The smallest absolute Gasteiger partial charge is 0.267 e. The molecule has 1 N–H and O–H groups in total. The summed E-state index contributed by atoms with van der Waals surface area (Å²) in [5.41, 5.74) is 2.26. The molecule has 2 amide bonds. The van der Waals surface area contributed by atoms with E-state index in [9.17, 15) is 9.59 Å². The highest BCUT2D eigenvalue weighted by molar-refractivity contribution is 8.01. The van der Waals surface area contributed by atoms with Crippen LogP contribution >= 0.6 is 23.1 Å². The fourth-order valence-corrected chi connectivity index (χ4v) is 4.32. The quantitative estimate of drug-likeness (QED) is 0.375. The molecule has 1 aromatic carbocycles. The zero-order valence-electron chi connectivity index (χ0n) is 16.8. The van der Waals surface area contributed by atoms with Crippen molar-refractivity contribution >= 4 is 56.5 Å². The minimum atomic E-state index is -0.690. The first kappa shape index (κ1) is 22.2. The van der Waals surface area contributed by atoms with Crippen LogP contribution in [0, 0.1) is 0 Å². The van der Waals surface area contributed by atoms with Crippen molar-refractivity contribution in [2.75, 3.05) is 24.2 Å². The molecule has 2 rings (SSSR count). The van der Waals surface area contributed by atoms with Crippen molar-refractivity contribution in [2.24, 2.45) is 5.16 Å². The van der Waals surface area contributed by atoms with Crippen LogP contribution in [0.1, 0.15) is 34.6 Å². The third kappa shape index (κ3) is 6.20. The number of thioether (sulfide) groups is 1. The van der Waals surface area contributed by atoms with Crippen molar-refractivity contribution in [3.63, 3.8) is 0 Å². The minimum absolute atomic E-state index is 0.112. The van der Waals surface area contributed by atoms with Crippen LogP contribution in [0.4, 0.5) is 5.69 Å². The van der Waals surface area contributed by atoms with Gasteiger partial charge in [0.05, 0.1) is 21.7 Å². The normalized spacial score (nSPS) is 11.8. The zero-order chi connectivity index (χ0) is 20.7. The molecule has 1 atom stereocenters. The molecule has 0 saturated carbocycles. The van der Waals surface area contributed by atoms with Crippen LogP contribution in [0.25, 0.3) is 10.2 Å². The number of carbonyl (C=O) groups excluding carboxylic acids is 2. The number of rotatable bonds is 9. The summed E-state index contributed by atoms with van der Waals surface area (Å²) in [5.74, 6) is 0.214. The maximum atomic E-state index is 12.2. The predicted octanol–water partition coefficient (Wildman–Crippen LogP) is 4.00. The van der Waals surface area contributed by atoms with E-state index in [1.54, 1.807) is 31.7 Å². The van der Waals surface area contributed by atoms with Crippen LogP contribution in [0.15, 0.2) is 27.7 Å². The van der Waals surface area contributed by atoms with Crippen molar-refractivity contribution in [3.8, 4) is 0 Å². The molecule has 1 heterocycles. The molecule has 0 radical (unpaired) electrons. The van der Waals surface area contributed by atoms with Gasteiger partial charge in [-0.1, -0.05) is 16.9 Å². The number of nitrogens with one attached hydrogen (secondary N) is 1. The van der Waals surface area contributed by atoms with Crippen molar-refractivity contribution in [3.05, 3.63) is 18.2 Å². The molecular weight excluding hydrogens is 396 g/mol. The summed E-state index contributed by atoms with van der Waals surface area (Å²) in [6.45, 7) is 10.6. The highest BCUT2D eigenvalue weighted by atomic mass is 32.2. The van der Waals surface area contributed by atoms with E-state index in [0.717, 1.165) is 20.3 Å². The second-order valence-electron chi connectivity index (χ2n) is 6.29. The Labute approximate surface area is 173 Å². The summed E-state index contributed by atoms with van der Waals surface area (Å²) in [6.07, 6.45) is -0.690. The topological polar surface area (TPSA) is 83.9 Å². The molecule has 2 aromatic rings. The lowest BCUT2D eigenvalue weighted by Crippen LogP contribution is -2.31. The van der Waals surface area contributed by atoms with E-state index in [1.807, 2.05) is 26.0 Å². The van der Waals surface area contributed by atoms with Gasteiger partial charge in [-0.25, -0.2) is 4.98 Å². The number of nitrogens with zero attached hydrogens (tertiary/aromatic N) is 3. The van der Waals surface area contributed by atoms with E-state index in [0.29, 0.717) is 24.5 Å². The van der Waals surface area contributed by atoms with Gasteiger partial charge in [-0.15, -0.1) is 11.3 Å². The second kappa shape index (κ2) is 10.4. The SMILES string of the molecule is CCN(CC)C(=O)CSc1nc2ccc(NC(=O)C(C)ON=C(C)C)cc2s1. The first-order chi connectivity index (χ1) is 13.3. The molecule has 28 heavy (non-hydrogen) atoms. The Bertz CT molecular complexity index is 858. The van der Waals surface area contributed by atoms with Gasteiger partial charge in [0.1, 0.15) is 0 Å². The number of oxime groups is 1. The number of anilines is 1. The molecular formula is C19H26N4O3S2. The molecule has 0 aliphatic carbocycles. The fraction of sp³-hybridized carbons (Fsp3) is 0.474. The zero-order valence-corrected chi connectivity index (χ0v) is 18.4. The maximum Gasteiger partial charge on any atom is 0.267 e. The average molecular weight is 423 g/mol. The highest BCUT2D eigenvalue weighted by Crippen LogP contribution is 2.31. The van der Waals surface area contributed by atoms with Crippen LogP contribution in [0.3, 0.4) is 0 Å². The maximum absolute atomic E-state index is 12.2. The summed E-state index contributed by atoms with van der Waals surface area (Å²) in [6, 6.07) is 5.54. The third-order valence-corrected chi connectivity index (χ3v) is 5.98. The van der Waals surface area contributed by atoms with Crippen LogP contribution in [-0.4, -0.2) is 52.4 Å². The monoisotopic (exact) mass is 422 g/mol. The Hall–Kier alpha value is -2.13. The van der Waals surface area contributed by atoms with E-state index in [-0.39, 0.29) is 11.8 Å². The second-order valence-corrected chi connectivity index (χ2v) is 8.55. The average Bonchev–Trinajstić information content (AvgIpc) is 3.07. The van der Waals surface area contributed by atoms with E-state index < -0.39 is 6.10 Å². The van der Waals surface area contributed by atoms with E-state index in [1.165, 1.54) is 23.1 Å². The molecule has 9 heteroatoms. The molecule has 1 unspecified atom stereocenters. The van der Waals surface area contributed by atoms with Crippen LogP contribution in [0.5, 0.6) is 0 Å². The van der Waals surface area contributed by atoms with E-state index in [2.05, 4.69) is 15.5 Å². The lowest BCUT2D eigenvalue weighted by Gasteiger charge is -2.17. The van der Waals surface area contributed by atoms with Crippen LogP contribution in [-0.2, 0) is 14.4 Å². The highest BCUT2D eigenvalue weighted by Gasteiger charge is 2.16. The van der Waals surface area contributed by atoms with Crippen LogP contribution < -0.4 is 5.32 Å². The summed E-state index contributed by atoms with van der Waals surface area (Å²) in [4.78, 5) is 35.9. The predicted molar refractivity (Wildman–Crippen MR) is 116 cm³/mol. The molecule has 152 valence electrons. The number of benzene rings is 1. The van der Waals surface area contributed by atoms with Gasteiger partial charge in [0.2, 0.25) is 12.0 Å². The number of aromatic nitrogens is 1. The van der Waals surface area contributed by atoms with Crippen molar-refractivity contribution in [1.29, 1.82) is 0 Å². The molecule has 7 nitrogen and oxygen atoms in total. The number of amides is 2. The van der Waals surface area contributed by atoms with E-state index in [4.69, 9.17) is 4.84 Å². The van der Waals surface area contributed by atoms with Gasteiger partial charge < -0.3 is 15.1 Å². The summed E-state index contributed by atoms with van der Waals surface area (Å²) >= 11 is 2.95. The van der Waals surface area contributed by atoms with Gasteiger partial charge in [0.25, 0.3) is 5.91 Å². The Morgan fingerprint density at radius 3 is 2.68 bits per heavy atom. The number of carbonyl (C=O) groups is 2. The number of fused-ring (bicyclic) bond motifs is 1. The molecule has 0 saturated heterocycles. The number of hydrogen-bond acceptors (Lipinski definition) is 7. The Morgan fingerprint density at radius 1 is 1.32 bits per heavy atom. The van der Waals surface area contributed by atoms with Crippen LogP contribution in [0.2, 0.25) is 0 Å². The third-order valence-electron chi connectivity index (χ3n) is 3.83. The van der Waals surface area contributed by atoms with Crippen molar-refractivity contribution < 1.29 is 14.4 Å². The summed E-state index contributed by atoms with van der Waals surface area (Å²) in [7, 11) is 0. The fourth-order valence-electron chi connectivity index (χ4n) is 2.31. The molecule has 0 fully saturated rings. The van der Waals surface area contributed by atoms with Gasteiger partial charge in [0.15, 0.2) is 4.34 Å². The first-order valence-corrected chi connectivity index (χ1v) is 10.9. The number of thiazole rings is 1. The van der Waals surface area contributed by atoms with E-state index >= 15 is 0 Å². The Morgan fingerprint density at radius 2 is 2.04 bits per heavy atom.